The highest BCUT2D eigenvalue weighted by Crippen LogP contribution is 2.35. The van der Waals surface area contributed by atoms with E-state index in [4.69, 9.17) is 4.74 Å². The number of ether oxygens (including phenoxy) is 1. The van der Waals surface area contributed by atoms with Gasteiger partial charge in [-0.3, -0.25) is 4.79 Å². The van der Waals surface area contributed by atoms with Gasteiger partial charge in [0.2, 0.25) is 5.88 Å². The Bertz CT molecular complexity index is 1210. The number of aryl methyl sites for hydroxylation is 1. The highest BCUT2D eigenvalue weighted by Gasteiger charge is 2.14. The van der Waals surface area contributed by atoms with Gasteiger partial charge in [-0.15, -0.1) is 15.3 Å². The van der Waals surface area contributed by atoms with Crippen molar-refractivity contribution in [3.63, 3.8) is 0 Å². The summed E-state index contributed by atoms with van der Waals surface area (Å²) in [4.78, 5) is 15.1. The topological polar surface area (TPSA) is 118 Å². The first kappa shape index (κ1) is 18.4. The van der Waals surface area contributed by atoms with Crippen LogP contribution >= 0.6 is 0 Å². The van der Waals surface area contributed by atoms with Gasteiger partial charge in [0, 0.05) is 5.39 Å². The number of rotatable bonds is 5. The Kier molecular flexibility index (Phi) is 4.78. The fraction of sp³-hybridized carbons (Fsp3) is 0.150. The molecule has 2 heterocycles. The number of carbonyl (C=O) groups excluding carboxylic acids is 1. The van der Waals surface area contributed by atoms with E-state index in [0.717, 1.165) is 16.9 Å². The zero-order chi connectivity index (χ0) is 20.4. The van der Waals surface area contributed by atoms with Crippen LogP contribution in [-0.2, 0) is 6.54 Å². The number of nitrogens with zero attached hydrogens (tertiary/aromatic N) is 5. The number of azo groups is 1. The van der Waals surface area contributed by atoms with E-state index in [1.54, 1.807) is 7.11 Å². The van der Waals surface area contributed by atoms with E-state index in [1.165, 1.54) is 10.9 Å². The number of hydrogen-bond donors (Lipinski definition) is 2. The minimum absolute atomic E-state index is 0.0674. The molecule has 0 spiro atoms. The number of hydrogen-bond acceptors (Lipinski definition) is 6. The maximum atomic E-state index is 12.3. The quantitative estimate of drug-likeness (QED) is 0.503. The number of nitrogens with one attached hydrogen (secondary N) is 1. The van der Waals surface area contributed by atoms with E-state index >= 15 is 0 Å². The van der Waals surface area contributed by atoms with E-state index in [1.807, 2.05) is 49.4 Å². The molecule has 0 radical (unpaired) electrons. The molecular weight excluding hydrogens is 372 g/mol. The highest BCUT2D eigenvalue weighted by molar-refractivity contribution is 5.96. The zero-order valence-electron chi connectivity index (χ0n) is 15.8. The normalized spacial score (nSPS) is 11.4. The Hall–Kier alpha value is -4.01. The summed E-state index contributed by atoms with van der Waals surface area (Å²) in [5.41, 5.74) is 2.97. The number of aromatic amines is 1. The third kappa shape index (κ3) is 3.84. The van der Waals surface area contributed by atoms with Crippen LogP contribution in [0.3, 0.4) is 0 Å². The number of aromatic nitrogens is 4. The first-order chi connectivity index (χ1) is 14.0. The van der Waals surface area contributed by atoms with Crippen molar-refractivity contribution in [2.75, 3.05) is 7.11 Å². The lowest BCUT2D eigenvalue weighted by Gasteiger charge is -2.02. The molecule has 0 unspecified atom stereocenters. The van der Waals surface area contributed by atoms with E-state index < -0.39 is 5.91 Å². The summed E-state index contributed by atoms with van der Waals surface area (Å²) in [6, 6.07) is 13.1. The van der Waals surface area contributed by atoms with Gasteiger partial charge in [0.15, 0.2) is 11.4 Å². The minimum Gasteiger partial charge on any atom is -0.497 e. The molecule has 2 N–H and O–H groups in total. The van der Waals surface area contributed by atoms with Crippen molar-refractivity contribution in [3.05, 3.63) is 65.5 Å². The molecule has 9 nitrogen and oxygen atoms in total. The molecule has 0 saturated carbocycles. The van der Waals surface area contributed by atoms with Gasteiger partial charge in [0.05, 0.1) is 25.4 Å². The second-order valence-electron chi connectivity index (χ2n) is 6.53. The van der Waals surface area contributed by atoms with Crippen LogP contribution in [0.15, 0.2) is 58.9 Å². The average molecular weight is 390 g/mol. The molecule has 29 heavy (non-hydrogen) atoms. The molecule has 0 atom stereocenters. The fourth-order valence-corrected chi connectivity index (χ4v) is 2.92. The average Bonchev–Trinajstić information content (AvgIpc) is 3.30. The van der Waals surface area contributed by atoms with Gasteiger partial charge in [0.1, 0.15) is 5.75 Å². The summed E-state index contributed by atoms with van der Waals surface area (Å²) in [5.74, 6) is -0.0305. The lowest BCUT2D eigenvalue weighted by molar-refractivity contribution is 0.0990. The summed E-state index contributed by atoms with van der Waals surface area (Å²) < 4.78 is 6.67. The summed E-state index contributed by atoms with van der Waals surface area (Å²) >= 11 is 0. The predicted octanol–water partition coefficient (Wildman–Crippen LogP) is 3.75. The standard InChI is InChI=1S/C20H18N6O3/c1-12-3-8-16-15(9-12)18(20(28)21-16)23-24-19(27)17-11-26(25-22-17)10-13-4-6-14(29-2)7-5-13/h3-9,11,21,28H,10H2,1-2H3. The molecule has 2 aromatic heterocycles. The van der Waals surface area contributed by atoms with Crippen molar-refractivity contribution < 1.29 is 14.6 Å². The SMILES string of the molecule is COc1ccc(Cn2cc(C(=O)N=Nc3c(O)[nH]c4ccc(C)cc34)nn2)cc1. The van der Waals surface area contributed by atoms with E-state index in [-0.39, 0.29) is 17.3 Å². The van der Waals surface area contributed by atoms with Gasteiger partial charge in [-0.2, -0.15) is 0 Å². The fourth-order valence-electron chi connectivity index (χ4n) is 2.92. The molecule has 0 aliphatic heterocycles. The molecule has 0 bridgehead atoms. The predicted molar refractivity (Wildman–Crippen MR) is 106 cm³/mol. The number of fused-ring (bicyclic) bond motifs is 1. The van der Waals surface area contributed by atoms with E-state index in [2.05, 4.69) is 25.5 Å². The molecule has 4 rings (SSSR count). The Labute approximate surface area is 165 Å². The number of aromatic hydroxyl groups is 1. The Balaban J connectivity index is 1.50. The van der Waals surface area contributed by atoms with Crippen LogP contribution in [0.1, 0.15) is 21.6 Å². The number of amides is 1. The third-order valence-electron chi connectivity index (χ3n) is 4.41. The van der Waals surface area contributed by atoms with Gasteiger partial charge < -0.3 is 14.8 Å². The maximum Gasteiger partial charge on any atom is 0.317 e. The van der Waals surface area contributed by atoms with Crippen LogP contribution in [0.5, 0.6) is 11.6 Å². The van der Waals surface area contributed by atoms with Gasteiger partial charge in [0.25, 0.3) is 0 Å². The molecular formula is C20H18N6O3. The molecule has 4 aromatic rings. The Morgan fingerprint density at radius 1 is 1.24 bits per heavy atom. The summed E-state index contributed by atoms with van der Waals surface area (Å²) in [6.07, 6.45) is 1.50. The number of carbonyl (C=O) groups is 1. The van der Waals surface area contributed by atoms with E-state index in [9.17, 15) is 9.90 Å². The van der Waals surface area contributed by atoms with Crippen LogP contribution < -0.4 is 4.74 Å². The largest absolute Gasteiger partial charge is 0.497 e. The zero-order valence-corrected chi connectivity index (χ0v) is 15.8. The molecule has 1 amide bonds. The van der Waals surface area contributed by atoms with Crippen molar-refractivity contribution in [1.82, 2.24) is 20.0 Å². The molecule has 9 heteroatoms. The lowest BCUT2D eigenvalue weighted by Crippen LogP contribution is -2.00. The van der Waals surface area contributed by atoms with Crippen molar-refractivity contribution in [1.29, 1.82) is 0 Å². The Morgan fingerprint density at radius 2 is 2.03 bits per heavy atom. The monoisotopic (exact) mass is 390 g/mol. The van der Waals surface area contributed by atoms with Crippen molar-refractivity contribution >= 4 is 22.5 Å². The van der Waals surface area contributed by atoms with Crippen LogP contribution in [0, 0.1) is 6.92 Å². The molecule has 146 valence electrons. The smallest absolute Gasteiger partial charge is 0.317 e. The van der Waals surface area contributed by atoms with Crippen LogP contribution in [0.4, 0.5) is 5.69 Å². The van der Waals surface area contributed by atoms with Crippen molar-refractivity contribution in [3.8, 4) is 11.6 Å². The molecule has 0 saturated heterocycles. The molecule has 0 aliphatic rings. The number of methoxy groups -OCH3 is 1. The summed E-state index contributed by atoms with van der Waals surface area (Å²) in [5, 5.41) is 26.2. The van der Waals surface area contributed by atoms with Gasteiger partial charge >= 0.3 is 5.91 Å². The summed E-state index contributed by atoms with van der Waals surface area (Å²) in [7, 11) is 1.61. The lowest BCUT2D eigenvalue weighted by atomic mass is 10.2. The second-order valence-corrected chi connectivity index (χ2v) is 6.53. The van der Waals surface area contributed by atoms with Crippen molar-refractivity contribution in [2.24, 2.45) is 10.2 Å². The van der Waals surface area contributed by atoms with Crippen molar-refractivity contribution in [2.45, 2.75) is 13.5 Å². The molecule has 0 fully saturated rings. The summed E-state index contributed by atoms with van der Waals surface area (Å²) in [6.45, 7) is 2.38. The number of benzene rings is 2. The van der Waals surface area contributed by atoms with Gasteiger partial charge in [-0.25, -0.2) is 4.68 Å². The number of H-pyrrole nitrogens is 1. The third-order valence-corrected chi connectivity index (χ3v) is 4.41. The highest BCUT2D eigenvalue weighted by atomic mass is 16.5. The maximum absolute atomic E-state index is 12.3. The first-order valence-corrected chi connectivity index (χ1v) is 8.84. The second kappa shape index (κ2) is 7.55. The van der Waals surface area contributed by atoms with E-state index in [0.29, 0.717) is 17.4 Å². The van der Waals surface area contributed by atoms with Gasteiger partial charge in [-0.05, 0) is 36.8 Å². The molecule has 0 aliphatic carbocycles. The van der Waals surface area contributed by atoms with Gasteiger partial charge in [-0.1, -0.05) is 29.0 Å². The van der Waals surface area contributed by atoms with Crippen LogP contribution in [-0.4, -0.2) is 38.1 Å². The molecule has 2 aromatic carbocycles. The first-order valence-electron chi connectivity index (χ1n) is 8.84. The Morgan fingerprint density at radius 3 is 2.79 bits per heavy atom. The van der Waals surface area contributed by atoms with Crippen LogP contribution in [0.25, 0.3) is 10.9 Å². The minimum atomic E-state index is -0.646. The van der Waals surface area contributed by atoms with Crippen LogP contribution in [0.2, 0.25) is 0 Å².